The first-order valence-corrected chi connectivity index (χ1v) is 10.2. The van der Waals surface area contributed by atoms with Gasteiger partial charge >= 0.3 is 0 Å². The zero-order valence-corrected chi connectivity index (χ0v) is 16.4. The van der Waals surface area contributed by atoms with Crippen LogP contribution in [0.15, 0.2) is 22.9 Å². The van der Waals surface area contributed by atoms with Gasteiger partial charge in [-0.25, -0.2) is 4.85 Å². The van der Waals surface area contributed by atoms with Crippen molar-refractivity contribution in [3.05, 3.63) is 34.3 Å². The lowest BCUT2D eigenvalue weighted by Crippen LogP contribution is -2.50. The van der Waals surface area contributed by atoms with Crippen LogP contribution in [-0.2, 0) is 0 Å². The van der Waals surface area contributed by atoms with E-state index in [9.17, 15) is 5.11 Å². The van der Waals surface area contributed by atoms with E-state index in [0.29, 0.717) is 5.41 Å². The fourth-order valence-corrected chi connectivity index (χ4v) is 7.34. The van der Waals surface area contributed by atoms with Crippen molar-refractivity contribution in [1.29, 1.82) is 0 Å². The van der Waals surface area contributed by atoms with Gasteiger partial charge in [0.1, 0.15) is 0 Å². The molecule has 0 aromatic heterocycles. The summed E-state index contributed by atoms with van der Waals surface area (Å²) in [5.74, 6) is 2.34. The van der Waals surface area contributed by atoms with Crippen LogP contribution in [0.2, 0.25) is 0 Å². The standard InChI is InChI=1S/C23H33NO/c1-15(24-5)18-8-9-19-17-7-6-16-14-21(2,25)12-13-22(16,3)20(17)10-11-23(18,19)4/h14,17,19-20,25H,6-13H2,1-4H3/b18-15-/t17-,19-,20-,21+,22-,23+/m0/s1. The summed E-state index contributed by atoms with van der Waals surface area (Å²) in [6.07, 6.45) is 11.7. The Morgan fingerprint density at radius 1 is 1.04 bits per heavy atom. The van der Waals surface area contributed by atoms with Gasteiger partial charge in [0.2, 0.25) is 0 Å². The van der Waals surface area contributed by atoms with Gasteiger partial charge in [0.15, 0.2) is 5.70 Å². The molecule has 6 atom stereocenters. The molecule has 0 spiro atoms. The summed E-state index contributed by atoms with van der Waals surface area (Å²) in [5, 5.41) is 10.5. The molecule has 2 heteroatoms. The van der Waals surface area contributed by atoms with Gasteiger partial charge in [-0.2, -0.15) is 0 Å². The smallest absolute Gasteiger partial charge is 0.162 e. The van der Waals surface area contributed by atoms with E-state index in [-0.39, 0.29) is 5.41 Å². The van der Waals surface area contributed by atoms with Crippen LogP contribution in [0.3, 0.4) is 0 Å². The summed E-state index contributed by atoms with van der Waals surface area (Å²) in [7, 11) is 0. The third-order valence-corrected chi connectivity index (χ3v) is 8.76. The van der Waals surface area contributed by atoms with Gasteiger partial charge < -0.3 is 5.11 Å². The highest BCUT2D eigenvalue weighted by atomic mass is 16.3. The van der Waals surface area contributed by atoms with Crippen molar-refractivity contribution in [2.45, 2.75) is 84.7 Å². The minimum absolute atomic E-state index is 0.271. The molecule has 3 saturated carbocycles. The van der Waals surface area contributed by atoms with Crippen molar-refractivity contribution in [3.63, 3.8) is 0 Å². The van der Waals surface area contributed by atoms with Crippen LogP contribution in [0.25, 0.3) is 4.85 Å². The molecule has 4 rings (SSSR count). The maximum Gasteiger partial charge on any atom is 0.162 e. The monoisotopic (exact) mass is 339 g/mol. The molecule has 4 aliphatic rings. The predicted octanol–water partition coefficient (Wildman–Crippen LogP) is 5.89. The second-order valence-corrected chi connectivity index (χ2v) is 10.0. The number of nitrogens with zero attached hydrogens (tertiary/aromatic N) is 1. The van der Waals surface area contributed by atoms with Gasteiger partial charge in [-0.3, -0.25) is 0 Å². The number of fused-ring (bicyclic) bond motifs is 5. The first-order valence-electron chi connectivity index (χ1n) is 10.2. The molecular weight excluding hydrogens is 306 g/mol. The van der Waals surface area contributed by atoms with Crippen molar-refractivity contribution in [1.82, 2.24) is 0 Å². The van der Waals surface area contributed by atoms with Gasteiger partial charge in [-0.15, -0.1) is 0 Å². The van der Waals surface area contributed by atoms with Crippen LogP contribution >= 0.6 is 0 Å². The molecule has 3 fully saturated rings. The van der Waals surface area contributed by atoms with E-state index in [1.165, 1.54) is 37.7 Å². The summed E-state index contributed by atoms with van der Waals surface area (Å²) < 4.78 is 0. The molecule has 0 aliphatic heterocycles. The van der Waals surface area contributed by atoms with Gasteiger partial charge in [-0.1, -0.05) is 31.1 Å². The van der Waals surface area contributed by atoms with Gasteiger partial charge in [0, 0.05) is 0 Å². The van der Waals surface area contributed by atoms with Crippen LogP contribution in [0, 0.1) is 35.2 Å². The van der Waals surface area contributed by atoms with Crippen LogP contribution in [0.4, 0.5) is 0 Å². The Morgan fingerprint density at radius 3 is 2.48 bits per heavy atom. The molecule has 0 unspecified atom stereocenters. The zero-order chi connectivity index (χ0) is 18.0. The average Bonchev–Trinajstić information content (AvgIpc) is 2.92. The maximum absolute atomic E-state index is 10.5. The average molecular weight is 340 g/mol. The van der Waals surface area contributed by atoms with Crippen molar-refractivity contribution in [3.8, 4) is 0 Å². The summed E-state index contributed by atoms with van der Waals surface area (Å²) in [6, 6.07) is 0. The fraction of sp³-hybridized carbons (Fsp3) is 0.783. The van der Waals surface area contributed by atoms with E-state index in [1.807, 2.05) is 13.8 Å². The quantitative estimate of drug-likeness (QED) is 0.432. The lowest BCUT2D eigenvalue weighted by atomic mass is 9.46. The predicted molar refractivity (Wildman–Crippen MR) is 102 cm³/mol. The minimum atomic E-state index is -0.596. The largest absolute Gasteiger partial charge is 0.386 e. The first kappa shape index (κ1) is 17.3. The normalized spacial score (nSPS) is 50.9. The molecule has 136 valence electrons. The first-order chi connectivity index (χ1) is 11.7. The number of allylic oxidation sites excluding steroid dienone is 3. The molecule has 0 heterocycles. The Bertz CT molecular complexity index is 693. The zero-order valence-electron chi connectivity index (χ0n) is 16.4. The third kappa shape index (κ3) is 2.38. The molecule has 0 aromatic rings. The fourth-order valence-electron chi connectivity index (χ4n) is 7.34. The molecular formula is C23H33NO. The Labute approximate surface area is 153 Å². The Hall–Kier alpha value is -1.07. The van der Waals surface area contributed by atoms with Crippen molar-refractivity contribution < 1.29 is 5.11 Å². The summed E-state index contributed by atoms with van der Waals surface area (Å²) >= 11 is 0. The van der Waals surface area contributed by atoms with E-state index < -0.39 is 5.60 Å². The molecule has 0 saturated heterocycles. The highest BCUT2D eigenvalue weighted by Gasteiger charge is 2.58. The molecule has 0 radical (unpaired) electrons. The maximum atomic E-state index is 10.5. The second-order valence-electron chi connectivity index (χ2n) is 10.0. The number of hydrogen-bond donors (Lipinski definition) is 1. The minimum Gasteiger partial charge on any atom is -0.386 e. The Morgan fingerprint density at radius 2 is 1.76 bits per heavy atom. The van der Waals surface area contributed by atoms with Crippen molar-refractivity contribution in [2.24, 2.45) is 28.6 Å². The Balaban J connectivity index is 1.69. The highest BCUT2D eigenvalue weighted by molar-refractivity contribution is 5.33. The SMILES string of the molecule is [C-]#[N+]/C(C)=C1/CC[C@H]2[C@@H]3CCC4=C[C@](C)(O)CC[C@]4(C)[C@H]3CC[C@]12C. The molecule has 0 aromatic carbocycles. The van der Waals surface area contributed by atoms with Crippen LogP contribution in [0.5, 0.6) is 0 Å². The van der Waals surface area contributed by atoms with Crippen LogP contribution < -0.4 is 0 Å². The number of hydrogen-bond acceptors (Lipinski definition) is 1. The van der Waals surface area contributed by atoms with Crippen LogP contribution in [-0.4, -0.2) is 10.7 Å². The number of rotatable bonds is 0. The van der Waals surface area contributed by atoms with Gasteiger partial charge in [0.05, 0.1) is 12.2 Å². The highest BCUT2D eigenvalue weighted by Crippen LogP contribution is 2.67. The van der Waals surface area contributed by atoms with E-state index in [4.69, 9.17) is 6.57 Å². The van der Waals surface area contributed by atoms with E-state index in [0.717, 1.165) is 42.7 Å². The topological polar surface area (TPSA) is 24.6 Å². The molecule has 25 heavy (non-hydrogen) atoms. The summed E-state index contributed by atoms with van der Waals surface area (Å²) in [4.78, 5) is 3.80. The van der Waals surface area contributed by atoms with Crippen molar-refractivity contribution in [2.75, 3.05) is 0 Å². The number of aliphatic hydroxyl groups is 1. The lowest BCUT2D eigenvalue weighted by Gasteiger charge is -2.58. The second kappa shape index (κ2) is 5.46. The molecule has 0 amide bonds. The third-order valence-electron chi connectivity index (χ3n) is 8.76. The molecule has 0 bridgehead atoms. The molecule has 1 N–H and O–H groups in total. The molecule has 2 nitrogen and oxygen atoms in total. The van der Waals surface area contributed by atoms with Gasteiger partial charge in [0.25, 0.3) is 0 Å². The van der Waals surface area contributed by atoms with Crippen molar-refractivity contribution >= 4 is 0 Å². The van der Waals surface area contributed by atoms with E-state index in [2.05, 4.69) is 24.8 Å². The van der Waals surface area contributed by atoms with Crippen LogP contribution in [0.1, 0.15) is 79.1 Å². The molecule has 4 aliphatic carbocycles. The van der Waals surface area contributed by atoms with E-state index in [1.54, 1.807) is 5.57 Å². The lowest BCUT2D eigenvalue weighted by molar-refractivity contribution is -0.0407. The summed E-state index contributed by atoms with van der Waals surface area (Å²) in [6.45, 7) is 16.4. The Kier molecular flexibility index (Phi) is 3.79. The van der Waals surface area contributed by atoms with E-state index >= 15 is 0 Å². The summed E-state index contributed by atoms with van der Waals surface area (Å²) in [5.41, 5.74) is 3.96. The van der Waals surface area contributed by atoms with Gasteiger partial charge in [-0.05, 0) is 93.8 Å².